The molecule has 0 bridgehead atoms. The predicted octanol–water partition coefficient (Wildman–Crippen LogP) is 5.59. The Balaban J connectivity index is 1.16. The molecule has 1 fully saturated rings. The molecule has 40 heavy (non-hydrogen) atoms. The van der Waals surface area contributed by atoms with Crippen LogP contribution in [0.2, 0.25) is 0 Å². The molecule has 2 aliphatic rings. The van der Waals surface area contributed by atoms with Gasteiger partial charge in [0.25, 0.3) is 5.91 Å². The average Bonchev–Trinajstić information content (AvgIpc) is 3.20. The van der Waals surface area contributed by atoms with E-state index in [9.17, 15) is 24.0 Å². The van der Waals surface area contributed by atoms with E-state index in [0.717, 1.165) is 10.0 Å². The lowest BCUT2D eigenvalue weighted by molar-refractivity contribution is -0.122. The minimum Gasteiger partial charge on any atom is -0.454 e. The molecule has 0 unspecified atom stereocenters. The molecule has 3 aromatic rings. The number of rotatable bonds is 7. The number of carbonyl (C=O) groups is 5. The number of ether oxygens (including phenoxy) is 1. The number of halogens is 1. The number of amides is 3. The molecule has 3 amide bonds. The van der Waals surface area contributed by atoms with Crippen LogP contribution in [0.1, 0.15) is 50.8 Å². The van der Waals surface area contributed by atoms with Crippen molar-refractivity contribution in [1.82, 2.24) is 0 Å². The van der Waals surface area contributed by atoms with Crippen molar-refractivity contribution < 1.29 is 28.7 Å². The molecule has 2 atom stereocenters. The van der Waals surface area contributed by atoms with Crippen molar-refractivity contribution in [1.29, 1.82) is 0 Å². The van der Waals surface area contributed by atoms with Crippen LogP contribution in [0.3, 0.4) is 0 Å². The standard InChI is InChI=1S/C31H25BrN2O6/c1-18-2-15-25-26(16-18)30(38)34(29(25)37)24-13-7-20(8-14-24)28(36)33-23-11-5-21(6-12-23)31(39)40-17-27(35)19-3-9-22(32)10-4-19/h2-14,25-26H,15-17H2,1H3,(H,33,36)/t25-,26+/m0/s1. The number of Topliss-reactive ketones (excluding diaryl/α,β-unsaturated/α-hetero) is 1. The molecular formula is C31H25BrN2O6. The highest BCUT2D eigenvalue weighted by atomic mass is 79.9. The maximum atomic E-state index is 12.9. The number of hydrogen-bond donors (Lipinski definition) is 1. The van der Waals surface area contributed by atoms with Crippen LogP contribution in [0.5, 0.6) is 0 Å². The van der Waals surface area contributed by atoms with E-state index in [2.05, 4.69) is 21.2 Å². The van der Waals surface area contributed by atoms with E-state index in [0.29, 0.717) is 35.3 Å². The lowest BCUT2D eigenvalue weighted by Crippen LogP contribution is -2.30. The second-order valence-corrected chi connectivity index (χ2v) is 10.7. The van der Waals surface area contributed by atoms with E-state index in [1.165, 1.54) is 17.0 Å². The van der Waals surface area contributed by atoms with Gasteiger partial charge in [-0.05, 0) is 80.4 Å². The fourth-order valence-electron chi connectivity index (χ4n) is 4.88. The summed E-state index contributed by atoms with van der Waals surface area (Å²) in [6.07, 6.45) is 3.18. The number of anilines is 2. The molecule has 0 spiro atoms. The number of hydrogen-bond acceptors (Lipinski definition) is 6. The maximum Gasteiger partial charge on any atom is 0.338 e. The van der Waals surface area contributed by atoms with Gasteiger partial charge in [-0.15, -0.1) is 0 Å². The number of fused-ring (bicyclic) bond motifs is 1. The summed E-state index contributed by atoms with van der Waals surface area (Å²) in [5.74, 6) is -2.42. The molecule has 3 aromatic carbocycles. The van der Waals surface area contributed by atoms with Crippen molar-refractivity contribution in [2.45, 2.75) is 19.8 Å². The Hall–Kier alpha value is -4.37. The molecule has 0 radical (unpaired) electrons. The molecule has 202 valence electrons. The summed E-state index contributed by atoms with van der Waals surface area (Å²) < 4.78 is 5.97. The van der Waals surface area contributed by atoms with Gasteiger partial charge in [-0.25, -0.2) is 4.79 Å². The monoisotopic (exact) mass is 600 g/mol. The summed E-state index contributed by atoms with van der Waals surface area (Å²) in [5, 5.41) is 2.75. The molecule has 8 nitrogen and oxygen atoms in total. The van der Waals surface area contributed by atoms with E-state index in [4.69, 9.17) is 4.74 Å². The van der Waals surface area contributed by atoms with E-state index in [-0.39, 0.29) is 41.6 Å². The minimum absolute atomic E-state index is 0.198. The molecule has 1 aliphatic heterocycles. The quantitative estimate of drug-likeness (QED) is 0.164. The third kappa shape index (κ3) is 5.65. The highest BCUT2D eigenvalue weighted by Gasteiger charge is 2.48. The minimum atomic E-state index is -0.657. The van der Waals surface area contributed by atoms with E-state index in [1.807, 2.05) is 13.0 Å². The Morgan fingerprint density at radius 2 is 1.45 bits per heavy atom. The first-order valence-electron chi connectivity index (χ1n) is 12.7. The smallest absolute Gasteiger partial charge is 0.338 e. The first-order valence-corrected chi connectivity index (χ1v) is 13.5. The lowest BCUT2D eigenvalue weighted by atomic mass is 9.82. The van der Waals surface area contributed by atoms with Crippen molar-refractivity contribution >= 4 is 56.8 Å². The van der Waals surface area contributed by atoms with Gasteiger partial charge in [0.05, 0.1) is 23.1 Å². The molecule has 1 N–H and O–H groups in total. The number of esters is 1. The Labute approximate surface area is 239 Å². The van der Waals surface area contributed by atoms with Crippen molar-refractivity contribution in [2.24, 2.45) is 11.8 Å². The summed E-state index contributed by atoms with van der Waals surface area (Å²) in [5.41, 5.74) is 3.03. The largest absolute Gasteiger partial charge is 0.454 e. The van der Waals surface area contributed by atoms with E-state index in [1.54, 1.807) is 60.7 Å². The number of nitrogens with one attached hydrogen (secondary N) is 1. The average molecular weight is 601 g/mol. The molecule has 5 rings (SSSR count). The SMILES string of the molecule is CC1=CC[C@@H]2C(=O)N(c3ccc(C(=O)Nc4ccc(C(=O)OCC(=O)c5ccc(Br)cc5)cc4)cc3)C(=O)[C@@H]2C1. The predicted molar refractivity (Wildman–Crippen MR) is 152 cm³/mol. The van der Waals surface area contributed by atoms with Gasteiger partial charge < -0.3 is 10.1 Å². The van der Waals surface area contributed by atoms with Crippen LogP contribution >= 0.6 is 15.9 Å². The van der Waals surface area contributed by atoms with Crippen molar-refractivity contribution in [3.8, 4) is 0 Å². The molecule has 1 saturated heterocycles. The van der Waals surface area contributed by atoms with Crippen LogP contribution < -0.4 is 10.2 Å². The van der Waals surface area contributed by atoms with Gasteiger partial charge in [0.1, 0.15) is 0 Å². The summed E-state index contributed by atoms with van der Waals surface area (Å²) in [4.78, 5) is 64.4. The molecule has 1 aliphatic carbocycles. The second-order valence-electron chi connectivity index (χ2n) is 9.80. The van der Waals surface area contributed by atoms with Crippen LogP contribution in [0.25, 0.3) is 0 Å². The first-order chi connectivity index (χ1) is 19.2. The van der Waals surface area contributed by atoms with Crippen LogP contribution in [0, 0.1) is 11.8 Å². The highest BCUT2D eigenvalue weighted by Crippen LogP contribution is 2.39. The van der Waals surface area contributed by atoms with Crippen LogP contribution in [-0.2, 0) is 14.3 Å². The number of ketones is 1. The maximum absolute atomic E-state index is 12.9. The second kappa shape index (κ2) is 11.4. The third-order valence-electron chi connectivity index (χ3n) is 7.09. The van der Waals surface area contributed by atoms with Gasteiger partial charge in [0.2, 0.25) is 11.8 Å². The molecule has 1 heterocycles. The third-order valence-corrected chi connectivity index (χ3v) is 7.62. The fraction of sp³-hybridized carbons (Fsp3) is 0.194. The summed E-state index contributed by atoms with van der Waals surface area (Å²) in [6.45, 7) is 1.58. The summed E-state index contributed by atoms with van der Waals surface area (Å²) in [6, 6.07) is 19.1. The molecular weight excluding hydrogens is 576 g/mol. The number of carbonyl (C=O) groups excluding carboxylic acids is 5. The van der Waals surface area contributed by atoms with Crippen molar-refractivity contribution in [3.63, 3.8) is 0 Å². The Morgan fingerprint density at radius 1 is 0.850 bits per heavy atom. The molecule has 9 heteroatoms. The number of nitrogens with zero attached hydrogens (tertiary/aromatic N) is 1. The van der Waals surface area contributed by atoms with Gasteiger partial charge >= 0.3 is 5.97 Å². The van der Waals surface area contributed by atoms with Crippen LogP contribution in [-0.4, -0.2) is 36.1 Å². The Bertz CT molecular complexity index is 1530. The van der Waals surface area contributed by atoms with E-state index < -0.39 is 11.9 Å². The first kappa shape index (κ1) is 27.2. The summed E-state index contributed by atoms with van der Waals surface area (Å²) >= 11 is 3.30. The topological polar surface area (TPSA) is 110 Å². The zero-order valence-electron chi connectivity index (χ0n) is 21.6. The zero-order chi connectivity index (χ0) is 28.4. The number of benzene rings is 3. The zero-order valence-corrected chi connectivity index (χ0v) is 23.1. The lowest BCUT2D eigenvalue weighted by Gasteiger charge is -2.18. The Kier molecular flexibility index (Phi) is 7.75. The normalized spacial score (nSPS) is 18.1. The molecule has 0 aromatic heterocycles. The molecule has 0 saturated carbocycles. The van der Waals surface area contributed by atoms with Gasteiger partial charge in [-0.3, -0.25) is 24.1 Å². The fourth-order valence-corrected chi connectivity index (χ4v) is 5.14. The highest BCUT2D eigenvalue weighted by molar-refractivity contribution is 9.10. The summed E-state index contributed by atoms with van der Waals surface area (Å²) in [7, 11) is 0. The van der Waals surface area contributed by atoms with E-state index >= 15 is 0 Å². The van der Waals surface area contributed by atoms with Crippen LogP contribution in [0.4, 0.5) is 11.4 Å². The van der Waals surface area contributed by atoms with Crippen molar-refractivity contribution in [3.05, 3.63) is 106 Å². The van der Waals surface area contributed by atoms with Gasteiger partial charge in [-0.1, -0.05) is 39.7 Å². The van der Waals surface area contributed by atoms with Gasteiger partial charge in [-0.2, -0.15) is 0 Å². The number of allylic oxidation sites excluding steroid dienone is 2. The Morgan fingerprint density at radius 3 is 2.12 bits per heavy atom. The van der Waals surface area contributed by atoms with Gasteiger partial charge in [0.15, 0.2) is 12.4 Å². The number of imide groups is 1. The van der Waals surface area contributed by atoms with Crippen molar-refractivity contribution in [2.75, 3.05) is 16.8 Å². The van der Waals surface area contributed by atoms with Crippen LogP contribution in [0.15, 0.2) is 88.9 Å². The van der Waals surface area contributed by atoms with Gasteiger partial charge in [0, 0.05) is 21.3 Å².